The topological polar surface area (TPSA) is 56.4 Å². The van der Waals surface area contributed by atoms with Crippen molar-refractivity contribution < 1.29 is 9.59 Å². The summed E-state index contributed by atoms with van der Waals surface area (Å²) in [5.74, 6) is 0.0370. The number of nitrogens with zero attached hydrogens (tertiary/aromatic N) is 2. The number of benzene rings is 2. The van der Waals surface area contributed by atoms with E-state index in [1.165, 1.54) is 11.1 Å². The molecule has 2 aromatic carbocycles. The molecule has 0 bridgehead atoms. The van der Waals surface area contributed by atoms with Gasteiger partial charge in [0.15, 0.2) is 5.54 Å². The molecule has 1 saturated heterocycles. The zero-order valence-corrected chi connectivity index (χ0v) is 15.9. The number of carbonyl (C=O) groups excluding carboxylic acids is 2. The summed E-state index contributed by atoms with van der Waals surface area (Å²) in [5.41, 5.74) is 3.28. The van der Waals surface area contributed by atoms with Gasteiger partial charge in [0.1, 0.15) is 0 Å². The predicted octanol–water partition coefficient (Wildman–Crippen LogP) is 2.85. The minimum Gasteiger partial charge on any atom is -0.356 e. The van der Waals surface area contributed by atoms with Gasteiger partial charge in [-0.25, -0.2) is 0 Å². The first-order chi connectivity index (χ1) is 13.6. The van der Waals surface area contributed by atoms with Gasteiger partial charge in [-0.3, -0.25) is 9.59 Å². The van der Waals surface area contributed by atoms with Crippen molar-refractivity contribution in [2.24, 2.45) is 0 Å². The molecule has 28 heavy (non-hydrogen) atoms. The van der Waals surface area contributed by atoms with Crippen LogP contribution < -0.4 is 0 Å². The quantitative estimate of drug-likeness (QED) is 0.768. The Morgan fingerprint density at radius 2 is 1.79 bits per heavy atom. The highest BCUT2D eigenvalue weighted by atomic mass is 16.2. The summed E-state index contributed by atoms with van der Waals surface area (Å²) in [6.45, 7) is 3.20. The molecule has 0 saturated carbocycles. The van der Waals surface area contributed by atoms with Gasteiger partial charge in [-0.05, 0) is 37.0 Å². The van der Waals surface area contributed by atoms with Crippen LogP contribution in [0.15, 0.2) is 54.6 Å². The van der Waals surface area contributed by atoms with Crippen molar-refractivity contribution in [2.75, 3.05) is 19.6 Å². The van der Waals surface area contributed by atoms with Crippen LogP contribution >= 0.6 is 0 Å². The molecule has 3 heterocycles. The summed E-state index contributed by atoms with van der Waals surface area (Å²) in [7, 11) is 0. The molecule has 5 heteroatoms. The first-order valence-corrected chi connectivity index (χ1v) is 9.83. The molecule has 1 aromatic heterocycles. The van der Waals surface area contributed by atoms with Gasteiger partial charge in [0.05, 0.1) is 12.2 Å². The molecule has 0 radical (unpaired) electrons. The Balaban J connectivity index is 1.52. The molecule has 2 amide bonds. The van der Waals surface area contributed by atoms with Gasteiger partial charge in [-0.1, -0.05) is 48.5 Å². The molecule has 2 aliphatic rings. The SMILES string of the molecule is CC12C(=O)N(CCc3ccccc3)CC(=O)N1CCc1c2[nH]c2ccccc12. The minimum atomic E-state index is -0.960. The van der Waals surface area contributed by atoms with Crippen LogP contribution in [0.2, 0.25) is 0 Å². The normalized spacial score (nSPS) is 21.8. The summed E-state index contributed by atoms with van der Waals surface area (Å²) >= 11 is 0. The number of piperazine rings is 1. The zero-order chi connectivity index (χ0) is 19.3. The van der Waals surface area contributed by atoms with Crippen LogP contribution in [0, 0.1) is 0 Å². The molecule has 5 rings (SSSR count). The lowest BCUT2D eigenvalue weighted by Crippen LogP contribution is -2.67. The maximum atomic E-state index is 13.6. The van der Waals surface area contributed by atoms with Crippen LogP contribution in [-0.2, 0) is 28.0 Å². The lowest BCUT2D eigenvalue weighted by atomic mass is 9.83. The molecular formula is C23H23N3O2. The zero-order valence-electron chi connectivity index (χ0n) is 15.9. The third-order valence-electron chi connectivity index (χ3n) is 6.27. The number of para-hydroxylation sites is 1. The summed E-state index contributed by atoms with van der Waals surface area (Å²) in [6, 6.07) is 18.2. The molecule has 1 fully saturated rings. The highest BCUT2D eigenvalue weighted by Crippen LogP contribution is 2.41. The Hall–Kier alpha value is -3.08. The fourth-order valence-electron chi connectivity index (χ4n) is 4.77. The van der Waals surface area contributed by atoms with Crippen molar-refractivity contribution in [3.05, 3.63) is 71.4 Å². The maximum absolute atomic E-state index is 13.6. The number of aromatic nitrogens is 1. The fraction of sp³-hybridized carbons (Fsp3) is 0.304. The molecule has 2 aliphatic heterocycles. The number of rotatable bonds is 3. The molecule has 0 spiro atoms. The number of aromatic amines is 1. The molecule has 1 unspecified atom stereocenters. The second kappa shape index (κ2) is 6.23. The van der Waals surface area contributed by atoms with Gasteiger partial charge < -0.3 is 14.8 Å². The average molecular weight is 373 g/mol. The number of amides is 2. The van der Waals surface area contributed by atoms with Crippen molar-refractivity contribution in [1.29, 1.82) is 0 Å². The monoisotopic (exact) mass is 373 g/mol. The van der Waals surface area contributed by atoms with E-state index in [1.54, 1.807) is 9.80 Å². The number of fused-ring (bicyclic) bond motifs is 5. The molecule has 1 atom stereocenters. The number of H-pyrrole nitrogens is 1. The van der Waals surface area contributed by atoms with E-state index >= 15 is 0 Å². The van der Waals surface area contributed by atoms with E-state index in [-0.39, 0.29) is 18.4 Å². The van der Waals surface area contributed by atoms with Crippen LogP contribution in [0.1, 0.15) is 23.7 Å². The smallest absolute Gasteiger partial charge is 0.254 e. The van der Waals surface area contributed by atoms with Crippen LogP contribution in [0.25, 0.3) is 10.9 Å². The van der Waals surface area contributed by atoms with E-state index in [2.05, 4.69) is 23.2 Å². The Kier molecular flexibility index (Phi) is 3.79. The van der Waals surface area contributed by atoms with Crippen molar-refractivity contribution in [3.8, 4) is 0 Å². The Morgan fingerprint density at radius 3 is 2.61 bits per heavy atom. The van der Waals surface area contributed by atoms with Crippen LogP contribution in [0.3, 0.4) is 0 Å². The molecule has 3 aromatic rings. The molecule has 1 N–H and O–H groups in total. The minimum absolute atomic E-state index is 0.00976. The number of hydrogen-bond donors (Lipinski definition) is 1. The third-order valence-corrected chi connectivity index (χ3v) is 6.27. The maximum Gasteiger partial charge on any atom is 0.254 e. The van der Waals surface area contributed by atoms with Crippen molar-refractivity contribution >= 4 is 22.7 Å². The van der Waals surface area contributed by atoms with Gasteiger partial charge in [0, 0.05) is 24.0 Å². The first kappa shape index (κ1) is 17.0. The summed E-state index contributed by atoms with van der Waals surface area (Å²) < 4.78 is 0. The highest BCUT2D eigenvalue weighted by Gasteiger charge is 2.53. The summed E-state index contributed by atoms with van der Waals surface area (Å²) in [5, 5.41) is 1.15. The highest BCUT2D eigenvalue weighted by molar-refractivity contribution is 6.00. The predicted molar refractivity (Wildman–Crippen MR) is 108 cm³/mol. The van der Waals surface area contributed by atoms with E-state index in [4.69, 9.17) is 0 Å². The Labute approximate surface area is 163 Å². The van der Waals surface area contributed by atoms with Gasteiger partial charge in [0.25, 0.3) is 5.91 Å². The van der Waals surface area contributed by atoms with E-state index in [1.807, 2.05) is 43.3 Å². The average Bonchev–Trinajstić information content (AvgIpc) is 3.11. The number of carbonyl (C=O) groups is 2. The molecule has 0 aliphatic carbocycles. The van der Waals surface area contributed by atoms with E-state index < -0.39 is 5.54 Å². The lowest BCUT2D eigenvalue weighted by Gasteiger charge is -2.49. The van der Waals surface area contributed by atoms with E-state index in [0.717, 1.165) is 29.4 Å². The Bertz CT molecular complexity index is 1070. The summed E-state index contributed by atoms with van der Waals surface area (Å²) in [6.07, 6.45) is 1.52. The van der Waals surface area contributed by atoms with Crippen LogP contribution in [0.5, 0.6) is 0 Å². The molecule has 5 nitrogen and oxygen atoms in total. The lowest BCUT2D eigenvalue weighted by molar-refractivity contribution is -0.165. The van der Waals surface area contributed by atoms with Crippen molar-refractivity contribution in [3.63, 3.8) is 0 Å². The number of nitrogens with one attached hydrogen (secondary N) is 1. The second-order valence-electron chi connectivity index (χ2n) is 7.85. The molecular weight excluding hydrogens is 350 g/mol. The Morgan fingerprint density at radius 1 is 1.04 bits per heavy atom. The van der Waals surface area contributed by atoms with Gasteiger partial charge >= 0.3 is 0 Å². The first-order valence-electron chi connectivity index (χ1n) is 9.83. The number of hydrogen-bond acceptors (Lipinski definition) is 2. The fourth-order valence-corrected chi connectivity index (χ4v) is 4.77. The van der Waals surface area contributed by atoms with Crippen LogP contribution in [-0.4, -0.2) is 46.2 Å². The van der Waals surface area contributed by atoms with Gasteiger partial charge in [-0.2, -0.15) is 0 Å². The third kappa shape index (κ3) is 2.39. The van der Waals surface area contributed by atoms with Gasteiger partial charge in [-0.15, -0.1) is 0 Å². The van der Waals surface area contributed by atoms with Crippen molar-refractivity contribution in [2.45, 2.75) is 25.3 Å². The van der Waals surface area contributed by atoms with E-state index in [0.29, 0.717) is 13.1 Å². The standard InChI is InChI=1S/C23H23N3O2/c1-23-21-18(17-9-5-6-10-19(17)24-21)12-14-26(23)20(27)15-25(22(23)28)13-11-16-7-3-2-4-8-16/h2-10,24H,11-15H2,1H3. The van der Waals surface area contributed by atoms with E-state index in [9.17, 15) is 9.59 Å². The van der Waals surface area contributed by atoms with Crippen LogP contribution in [0.4, 0.5) is 0 Å². The molecule has 142 valence electrons. The largest absolute Gasteiger partial charge is 0.356 e. The van der Waals surface area contributed by atoms with Crippen molar-refractivity contribution in [1.82, 2.24) is 14.8 Å². The second-order valence-corrected chi connectivity index (χ2v) is 7.85. The summed E-state index contributed by atoms with van der Waals surface area (Å²) in [4.78, 5) is 33.5. The van der Waals surface area contributed by atoms with Gasteiger partial charge in [0.2, 0.25) is 5.91 Å².